The van der Waals surface area contributed by atoms with Crippen LogP contribution in [0.2, 0.25) is 5.15 Å². The van der Waals surface area contributed by atoms with E-state index in [4.69, 9.17) is 21.1 Å². The summed E-state index contributed by atoms with van der Waals surface area (Å²) in [7, 11) is -1.62. The highest BCUT2D eigenvalue weighted by atomic mass is 35.5. The van der Waals surface area contributed by atoms with E-state index in [2.05, 4.69) is 5.10 Å². The van der Waals surface area contributed by atoms with Crippen LogP contribution < -0.4 is 0 Å². The van der Waals surface area contributed by atoms with Crippen LogP contribution in [0.5, 0.6) is 0 Å². The van der Waals surface area contributed by atoms with Crippen molar-refractivity contribution in [3.05, 3.63) is 22.0 Å². The van der Waals surface area contributed by atoms with Crippen LogP contribution in [-0.4, -0.2) is 56.0 Å². The molecule has 0 bridgehead atoms. The average Bonchev–Trinajstić information content (AvgIpc) is 3.05. The third-order valence-corrected chi connectivity index (χ3v) is 5.90. The van der Waals surface area contributed by atoms with Crippen molar-refractivity contribution in [2.45, 2.75) is 19.4 Å². The van der Waals surface area contributed by atoms with Crippen LogP contribution in [0.4, 0.5) is 0 Å². The molecule has 1 aliphatic heterocycles. The fraction of sp³-hybridized carbons (Fsp3) is 0.533. The second-order valence-corrected chi connectivity index (χ2v) is 8.18. The van der Waals surface area contributed by atoms with Crippen molar-refractivity contribution in [1.29, 1.82) is 5.26 Å². The van der Waals surface area contributed by atoms with E-state index in [1.807, 2.05) is 0 Å². The van der Waals surface area contributed by atoms with Crippen molar-refractivity contribution in [2.75, 3.05) is 31.8 Å². The van der Waals surface area contributed by atoms with E-state index in [1.165, 1.54) is 17.9 Å². The van der Waals surface area contributed by atoms with Gasteiger partial charge in [0.1, 0.15) is 23.4 Å². The summed E-state index contributed by atoms with van der Waals surface area (Å²) in [4.78, 5) is 11.9. The molecule has 8 nitrogen and oxygen atoms in total. The molecule has 25 heavy (non-hydrogen) atoms. The number of sulfone groups is 1. The van der Waals surface area contributed by atoms with Crippen LogP contribution in [0.1, 0.15) is 23.7 Å². The highest BCUT2D eigenvalue weighted by molar-refractivity contribution is 7.91. The summed E-state index contributed by atoms with van der Waals surface area (Å²) >= 11 is 6.31. The molecule has 1 saturated heterocycles. The Morgan fingerprint density at radius 3 is 2.80 bits per heavy atom. The van der Waals surface area contributed by atoms with E-state index in [0.29, 0.717) is 17.7 Å². The van der Waals surface area contributed by atoms with E-state index in [0.717, 1.165) is 0 Å². The van der Waals surface area contributed by atoms with Gasteiger partial charge >= 0.3 is 5.97 Å². The standard InChI is InChI=1S/C15H18ClN3O5S/c1-10-13(7-11(8-17)15(20)24-5-4-23-2)14(16)19(18-10)12-3-6-25(21,22)9-12/h7,12H,3-6,9H2,1-2H3/b11-7+/t12-/m0/s1. The van der Waals surface area contributed by atoms with Crippen LogP contribution in [0.15, 0.2) is 5.57 Å². The lowest BCUT2D eigenvalue weighted by Crippen LogP contribution is -2.12. The Bertz CT molecular complexity index is 838. The predicted molar refractivity (Wildman–Crippen MR) is 90.7 cm³/mol. The van der Waals surface area contributed by atoms with Crippen LogP contribution in [-0.2, 0) is 24.1 Å². The van der Waals surface area contributed by atoms with Gasteiger partial charge in [-0.1, -0.05) is 11.6 Å². The molecule has 0 spiro atoms. The van der Waals surface area contributed by atoms with Crippen molar-refractivity contribution in [1.82, 2.24) is 9.78 Å². The zero-order chi connectivity index (χ0) is 18.6. The van der Waals surface area contributed by atoms with E-state index in [1.54, 1.807) is 13.0 Å². The van der Waals surface area contributed by atoms with Gasteiger partial charge in [-0.2, -0.15) is 10.4 Å². The number of hydrogen-bond acceptors (Lipinski definition) is 7. The summed E-state index contributed by atoms with van der Waals surface area (Å²) in [6.45, 7) is 1.92. The second kappa shape index (κ2) is 7.99. The fourth-order valence-corrected chi connectivity index (χ4v) is 4.54. The maximum Gasteiger partial charge on any atom is 0.348 e. The number of ether oxygens (including phenoxy) is 2. The van der Waals surface area contributed by atoms with Gasteiger partial charge in [0.2, 0.25) is 0 Å². The number of rotatable bonds is 6. The molecule has 0 saturated carbocycles. The molecule has 2 heterocycles. The van der Waals surface area contributed by atoms with Crippen molar-refractivity contribution < 1.29 is 22.7 Å². The number of hydrogen-bond donors (Lipinski definition) is 0. The van der Waals surface area contributed by atoms with Gasteiger partial charge in [-0.15, -0.1) is 0 Å². The molecule has 136 valence electrons. The number of methoxy groups -OCH3 is 1. The fourth-order valence-electron chi connectivity index (χ4n) is 2.48. The topological polar surface area (TPSA) is 111 Å². The molecule has 2 rings (SSSR count). The molecular formula is C15H18ClN3O5S. The maximum absolute atomic E-state index is 11.9. The molecule has 1 fully saturated rings. The Morgan fingerprint density at radius 2 is 2.24 bits per heavy atom. The molecule has 1 atom stereocenters. The Kier molecular flexibility index (Phi) is 6.21. The Morgan fingerprint density at radius 1 is 1.52 bits per heavy atom. The zero-order valence-electron chi connectivity index (χ0n) is 13.9. The number of nitrogens with zero attached hydrogens (tertiary/aromatic N) is 3. The Hall–Kier alpha value is -1.89. The van der Waals surface area contributed by atoms with Crippen molar-refractivity contribution in [3.8, 4) is 6.07 Å². The first-order valence-corrected chi connectivity index (χ1v) is 9.72. The lowest BCUT2D eigenvalue weighted by Gasteiger charge is -2.09. The Balaban J connectivity index is 2.27. The number of carbonyl (C=O) groups excluding carboxylic acids is 1. The summed E-state index contributed by atoms with van der Waals surface area (Å²) in [6, 6.07) is 1.43. The highest BCUT2D eigenvalue weighted by Crippen LogP contribution is 2.31. The van der Waals surface area contributed by atoms with Gasteiger partial charge in [-0.3, -0.25) is 0 Å². The minimum atomic E-state index is -3.09. The molecule has 1 aromatic heterocycles. The number of nitriles is 1. The van der Waals surface area contributed by atoms with E-state index in [9.17, 15) is 18.5 Å². The molecular weight excluding hydrogens is 370 g/mol. The molecule has 0 unspecified atom stereocenters. The van der Waals surface area contributed by atoms with Crippen LogP contribution in [0.3, 0.4) is 0 Å². The zero-order valence-corrected chi connectivity index (χ0v) is 15.4. The normalized spacial score (nSPS) is 19.6. The lowest BCUT2D eigenvalue weighted by molar-refractivity contribution is -0.139. The minimum absolute atomic E-state index is 0.0266. The first-order chi connectivity index (χ1) is 11.8. The smallest absolute Gasteiger partial charge is 0.348 e. The summed E-state index contributed by atoms with van der Waals surface area (Å²) < 4.78 is 34.4. The van der Waals surface area contributed by atoms with E-state index < -0.39 is 15.8 Å². The number of aromatic nitrogens is 2. The van der Waals surface area contributed by atoms with Crippen LogP contribution in [0.25, 0.3) is 6.08 Å². The minimum Gasteiger partial charge on any atom is -0.459 e. The first kappa shape index (κ1) is 19.4. The summed E-state index contributed by atoms with van der Waals surface area (Å²) in [6.07, 6.45) is 1.73. The quantitative estimate of drug-likeness (QED) is 0.313. The van der Waals surface area contributed by atoms with E-state index >= 15 is 0 Å². The molecule has 0 aliphatic carbocycles. The largest absolute Gasteiger partial charge is 0.459 e. The SMILES string of the molecule is COCCOC(=O)/C(C#N)=C/c1c(C)nn([C@H]2CCS(=O)(=O)C2)c1Cl. The molecule has 1 aromatic rings. The van der Waals surface area contributed by atoms with Gasteiger partial charge < -0.3 is 9.47 Å². The summed E-state index contributed by atoms with van der Waals surface area (Å²) in [5, 5.41) is 13.6. The van der Waals surface area contributed by atoms with Gasteiger partial charge in [0.15, 0.2) is 9.84 Å². The van der Waals surface area contributed by atoms with Gasteiger partial charge in [0.25, 0.3) is 0 Å². The molecule has 0 amide bonds. The van der Waals surface area contributed by atoms with Crippen molar-refractivity contribution in [3.63, 3.8) is 0 Å². The lowest BCUT2D eigenvalue weighted by atomic mass is 10.1. The second-order valence-electron chi connectivity index (χ2n) is 5.59. The third kappa shape index (κ3) is 4.60. The Labute approximate surface area is 150 Å². The molecule has 0 N–H and O–H groups in total. The van der Waals surface area contributed by atoms with Gasteiger partial charge in [-0.05, 0) is 19.4 Å². The summed E-state index contributed by atoms with van der Waals surface area (Å²) in [5.41, 5.74) is 0.664. The molecule has 1 aliphatic rings. The van der Waals surface area contributed by atoms with Crippen molar-refractivity contribution in [2.24, 2.45) is 0 Å². The maximum atomic E-state index is 11.9. The molecule has 10 heteroatoms. The molecule has 0 aromatic carbocycles. The van der Waals surface area contributed by atoms with Crippen LogP contribution >= 0.6 is 11.6 Å². The van der Waals surface area contributed by atoms with Crippen LogP contribution in [0, 0.1) is 18.3 Å². The number of carbonyl (C=O) groups is 1. The number of halogens is 1. The monoisotopic (exact) mass is 387 g/mol. The van der Waals surface area contributed by atoms with Gasteiger partial charge in [-0.25, -0.2) is 17.9 Å². The first-order valence-electron chi connectivity index (χ1n) is 7.52. The third-order valence-electron chi connectivity index (χ3n) is 3.77. The van der Waals surface area contributed by atoms with Gasteiger partial charge in [0.05, 0.1) is 29.8 Å². The predicted octanol–water partition coefficient (Wildman–Crippen LogP) is 1.30. The number of aryl methyl sites for hydroxylation is 1. The number of esters is 1. The highest BCUT2D eigenvalue weighted by Gasteiger charge is 2.32. The molecule has 0 radical (unpaired) electrons. The van der Waals surface area contributed by atoms with Gasteiger partial charge in [0, 0.05) is 12.7 Å². The summed E-state index contributed by atoms with van der Waals surface area (Å²) in [5.74, 6) is -0.722. The van der Waals surface area contributed by atoms with Crippen molar-refractivity contribution >= 4 is 33.5 Å². The van der Waals surface area contributed by atoms with E-state index in [-0.39, 0.29) is 41.5 Å². The average molecular weight is 388 g/mol.